The van der Waals surface area contributed by atoms with Crippen LogP contribution in [0.2, 0.25) is 0 Å². The molecule has 3 N–H and O–H groups in total. The molecule has 1 aromatic rings. The summed E-state index contributed by atoms with van der Waals surface area (Å²) in [6.45, 7) is 5.87. The molecule has 2 atom stereocenters. The number of rotatable bonds is 11. The van der Waals surface area contributed by atoms with E-state index in [0.717, 1.165) is 25.6 Å². The molecule has 1 fully saturated rings. The van der Waals surface area contributed by atoms with Crippen LogP contribution in [-0.2, 0) is 11.2 Å². The number of aliphatic hydroxyl groups is 2. The van der Waals surface area contributed by atoms with Crippen molar-refractivity contribution in [2.75, 3.05) is 19.8 Å². The summed E-state index contributed by atoms with van der Waals surface area (Å²) in [7, 11) is 0. The molecule has 5 heteroatoms. The predicted molar refractivity (Wildman–Crippen MR) is 89.5 cm³/mol. The zero-order valence-corrected chi connectivity index (χ0v) is 14.1. The van der Waals surface area contributed by atoms with Crippen molar-refractivity contribution in [2.24, 2.45) is 5.92 Å². The fourth-order valence-corrected chi connectivity index (χ4v) is 2.13. The first-order valence-corrected chi connectivity index (χ1v) is 8.47. The molecule has 0 radical (unpaired) electrons. The van der Waals surface area contributed by atoms with E-state index in [1.165, 1.54) is 18.4 Å². The van der Waals surface area contributed by atoms with Crippen LogP contribution in [0.5, 0.6) is 5.75 Å². The maximum atomic E-state index is 9.85. The Bertz CT molecular complexity index is 445. The number of hydrogen-bond acceptors (Lipinski definition) is 5. The van der Waals surface area contributed by atoms with Crippen LogP contribution in [0.15, 0.2) is 24.3 Å². The minimum absolute atomic E-state index is 0.248. The molecule has 1 aliphatic carbocycles. The first-order chi connectivity index (χ1) is 11.0. The zero-order valence-electron chi connectivity index (χ0n) is 14.1. The molecule has 2 rings (SSSR count). The first kappa shape index (κ1) is 18.2. The first-order valence-electron chi connectivity index (χ1n) is 8.47. The molecule has 130 valence electrons. The van der Waals surface area contributed by atoms with Gasteiger partial charge in [0.2, 0.25) is 6.29 Å². The summed E-state index contributed by atoms with van der Waals surface area (Å²) in [5, 5.41) is 22.7. The van der Waals surface area contributed by atoms with Crippen LogP contribution in [0.25, 0.3) is 0 Å². The van der Waals surface area contributed by atoms with Crippen molar-refractivity contribution in [3.63, 3.8) is 0 Å². The third-order valence-electron chi connectivity index (χ3n) is 3.83. The van der Waals surface area contributed by atoms with E-state index >= 15 is 0 Å². The molecule has 0 amide bonds. The van der Waals surface area contributed by atoms with Gasteiger partial charge in [0, 0.05) is 19.2 Å². The van der Waals surface area contributed by atoms with Crippen molar-refractivity contribution in [1.82, 2.24) is 5.32 Å². The predicted octanol–water partition coefficient (Wildman–Crippen LogP) is 1.71. The monoisotopic (exact) mass is 323 g/mol. The maximum Gasteiger partial charge on any atom is 0.224 e. The molecule has 2 unspecified atom stereocenters. The molecular weight excluding hydrogens is 294 g/mol. The van der Waals surface area contributed by atoms with Gasteiger partial charge in [-0.1, -0.05) is 26.0 Å². The van der Waals surface area contributed by atoms with E-state index in [2.05, 4.69) is 5.32 Å². The van der Waals surface area contributed by atoms with Crippen LogP contribution < -0.4 is 10.1 Å². The number of benzene rings is 1. The summed E-state index contributed by atoms with van der Waals surface area (Å²) in [4.78, 5) is 0. The van der Waals surface area contributed by atoms with Crippen molar-refractivity contribution in [3.8, 4) is 5.75 Å². The minimum Gasteiger partial charge on any atom is -0.462 e. The standard InChI is InChI=1S/C18H29NO4/c1-13(2)19-11-17(20)18(21)23-16-7-5-14(6-8-16)9-10-22-12-15-3-4-15/h5-8,13,15,17-21H,3-4,9-12H2,1-2H3. The fraction of sp³-hybridized carbons (Fsp3) is 0.667. The highest BCUT2D eigenvalue weighted by molar-refractivity contribution is 5.27. The number of nitrogens with one attached hydrogen (secondary N) is 1. The van der Waals surface area contributed by atoms with Gasteiger partial charge < -0.3 is 25.0 Å². The third kappa shape index (κ3) is 7.31. The van der Waals surface area contributed by atoms with E-state index in [0.29, 0.717) is 5.75 Å². The van der Waals surface area contributed by atoms with E-state index in [-0.39, 0.29) is 12.6 Å². The quantitative estimate of drug-likeness (QED) is 0.427. The van der Waals surface area contributed by atoms with Gasteiger partial charge in [-0.05, 0) is 42.9 Å². The Morgan fingerprint density at radius 3 is 2.48 bits per heavy atom. The average Bonchev–Trinajstić information content (AvgIpc) is 3.35. The van der Waals surface area contributed by atoms with Gasteiger partial charge in [-0.15, -0.1) is 0 Å². The summed E-state index contributed by atoms with van der Waals surface area (Å²) in [5.41, 5.74) is 1.17. The molecule has 0 saturated heterocycles. The van der Waals surface area contributed by atoms with Gasteiger partial charge in [-0.3, -0.25) is 0 Å². The van der Waals surface area contributed by atoms with Crippen molar-refractivity contribution < 1.29 is 19.7 Å². The summed E-state index contributed by atoms with van der Waals surface area (Å²) >= 11 is 0. The Hall–Kier alpha value is -1.14. The summed E-state index contributed by atoms with van der Waals surface area (Å²) in [5.74, 6) is 1.34. The summed E-state index contributed by atoms with van der Waals surface area (Å²) < 4.78 is 11.0. The lowest BCUT2D eigenvalue weighted by Gasteiger charge is -2.20. The highest BCUT2D eigenvalue weighted by atomic mass is 16.6. The largest absolute Gasteiger partial charge is 0.462 e. The number of hydrogen-bond donors (Lipinski definition) is 3. The van der Waals surface area contributed by atoms with Gasteiger partial charge in [0.25, 0.3) is 0 Å². The highest BCUT2D eigenvalue weighted by Crippen LogP contribution is 2.28. The van der Waals surface area contributed by atoms with E-state index < -0.39 is 12.4 Å². The van der Waals surface area contributed by atoms with Crippen molar-refractivity contribution in [1.29, 1.82) is 0 Å². The van der Waals surface area contributed by atoms with Gasteiger partial charge in [0.15, 0.2) is 0 Å². The maximum absolute atomic E-state index is 9.85. The topological polar surface area (TPSA) is 71.0 Å². The lowest BCUT2D eigenvalue weighted by atomic mass is 10.1. The van der Waals surface area contributed by atoms with Crippen LogP contribution in [0, 0.1) is 5.92 Å². The summed E-state index contributed by atoms with van der Waals surface area (Å²) in [6.07, 6.45) is 1.29. The molecule has 0 aromatic heterocycles. The minimum atomic E-state index is -1.24. The zero-order chi connectivity index (χ0) is 16.7. The smallest absolute Gasteiger partial charge is 0.224 e. The Labute approximate surface area is 138 Å². The van der Waals surface area contributed by atoms with Crippen LogP contribution in [0.1, 0.15) is 32.3 Å². The second-order valence-corrected chi connectivity index (χ2v) is 6.55. The van der Waals surface area contributed by atoms with Gasteiger partial charge in [0.1, 0.15) is 11.9 Å². The molecule has 0 heterocycles. The van der Waals surface area contributed by atoms with Crippen LogP contribution in [-0.4, -0.2) is 48.4 Å². The van der Waals surface area contributed by atoms with E-state index in [4.69, 9.17) is 9.47 Å². The fourth-order valence-electron chi connectivity index (χ4n) is 2.13. The molecular formula is C18H29NO4. The second-order valence-electron chi connectivity index (χ2n) is 6.55. The molecule has 1 saturated carbocycles. The average molecular weight is 323 g/mol. The Kier molecular flexibility index (Phi) is 7.30. The molecule has 1 aromatic carbocycles. The molecule has 1 aliphatic rings. The van der Waals surface area contributed by atoms with Crippen molar-refractivity contribution >= 4 is 0 Å². The molecule has 23 heavy (non-hydrogen) atoms. The van der Waals surface area contributed by atoms with Gasteiger partial charge >= 0.3 is 0 Å². The van der Waals surface area contributed by atoms with Gasteiger partial charge in [-0.25, -0.2) is 0 Å². The molecule has 0 spiro atoms. The summed E-state index contributed by atoms with van der Waals surface area (Å²) in [6, 6.07) is 7.78. The van der Waals surface area contributed by atoms with E-state index in [1.54, 1.807) is 0 Å². The van der Waals surface area contributed by atoms with E-state index in [1.807, 2.05) is 38.1 Å². The molecule has 0 bridgehead atoms. The van der Waals surface area contributed by atoms with Crippen molar-refractivity contribution in [3.05, 3.63) is 29.8 Å². The third-order valence-corrected chi connectivity index (χ3v) is 3.83. The Morgan fingerprint density at radius 1 is 1.17 bits per heavy atom. The normalized spacial score (nSPS) is 17.3. The van der Waals surface area contributed by atoms with Crippen molar-refractivity contribution in [2.45, 2.75) is 51.5 Å². The lowest BCUT2D eigenvalue weighted by molar-refractivity contribution is -0.102. The Morgan fingerprint density at radius 2 is 1.87 bits per heavy atom. The van der Waals surface area contributed by atoms with Gasteiger partial charge in [0.05, 0.1) is 6.61 Å². The SMILES string of the molecule is CC(C)NCC(O)C(O)Oc1ccc(CCOCC2CC2)cc1. The molecule has 0 aliphatic heterocycles. The van der Waals surface area contributed by atoms with Crippen LogP contribution in [0.4, 0.5) is 0 Å². The second kappa shape index (κ2) is 9.23. The number of ether oxygens (including phenoxy) is 2. The van der Waals surface area contributed by atoms with E-state index in [9.17, 15) is 10.2 Å². The highest BCUT2D eigenvalue weighted by Gasteiger charge is 2.21. The van der Waals surface area contributed by atoms with Crippen LogP contribution >= 0.6 is 0 Å². The van der Waals surface area contributed by atoms with Crippen LogP contribution in [0.3, 0.4) is 0 Å². The lowest BCUT2D eigenvalue weighted by Crippen LogP contribution is -2.41. The molecule has 5 nitrogen and oxygen atoms in total. The van der Waals surface area contributed by atoms with Gasteiger partial charge in [-0.2, -0.15) is 0 Å². The number of aliphatic hydroxyl groups excluding tert-OH is 2. The Balaban J connectivity index is 1.68.